The number of carbonyl (C=O) groups is 1. The summed E-state index contributed by atoms with van der Waals surface area (Å²) in [6, 6.07) is 10.1. The van der Waals surface area contributed by atoms with E-state index in [9.17, 15) is 4.79 Å². The molecule has 1 amide bonds. The first-order valence-corrected chi connectivity index (χ1v) is 6.91. The van der Waals surface area contributed by atoms with Gasteiger partial charge in [-0.25, -0.2) is 0 Å². The molecule has 0 bridgehead atoms. The summed E-state index contributed by atoms with van der Waals surface area (Å²) in [5.41, 5.74) is 1.16. The summed E-state index contributed by atoms with van der Waals surface area (Å²) in [5, 5.41) is 0.791. The number of nitrogens with zero attached hydrogens (tertiary/aromatic N) is 1. The Kier molecular flexibility index (Phi) is 4.57. The van der Waals surface area contributed by atoms with Crippen molar-refractivity contribution in [3.8, 4) is 0 Å². The highest BCUT2D eigenvalue weighted by atomic mass is 79.9. The van der Waals surface area contributed by atoms with Gasteiger partial charge in [0.25, 0.3) is 0 Å². The molecule has 0 aromatic heterocycles. The molecular weight excluding hydrogens is 282 g/mol. The minimum atomic E-state index is 0.0808. The van der Waals surface area contributed by atoms with Crippen molar-refractivity contribution in [2.75, 3.05) is 18.5 Å². The first-order valence-electron chi connectivity index (χ1n) is 5.79. The lowest BCUT2D eigenvalue weighted by molar-refractivity contribution is -0.135. The number of alkyl halides is 1. The average Bonchev–Trinajstić information content (AvgIpc) is 2.54. The molecule has 1 heterocycles. The molecule has 1 atom stereocenters. The van der Waals surface area contributed by atoms with Crippen molar-refractivity contribution >= 4 is 21.8 Å². The maximum absolute atomic E-state index is 11.9. The highest BCUT2D eigenvalue weighted by Gasteiger charge is 2.22. The molecule has 2 rings (SSSR count). The van der Waals surface area contributed by atoms with Crippen LogP contribution in [-0.4, -0.2) is 35.4 Å². The van der Waals surface area contributed by atoms with Crippen molar-refractivity contribution in [3.63, 3.8) is 0 Å². The summed E-state index contributed by atoms with van der Waals surface area (Å²) in [6.45, 7) is 1.64. The van der Waals surface area contributed by atoms with E-state index in [1.807, 2.05) is 35.2 Å². The predicted octanol–water partition coefficient (Wildman–Crippen LogP) is 2.20. The molecule has 0 saturated carbocycles. The third-order valence-corrected chi connectivity index (χ3v) is 3.63. The van der Waals surface area contributed by atoms with Crippen LogP contribution < -0.4 is 0 Å². The molecule has 1 fully saturated rings. The summed E-state index contributed by atoms with van der Waals surface area (Å²) in [5.74, 6) is 0.0808. The van der Waals surface area contributed by atoms with E-state index in [1.165, 1.54) is 0 Å². The fraction of sp³-hybridized carbons (Fsp3) is 0.462. The highest BCUT2D eigenvalue weighted by molar-refractivity contribution is 9.09. The fourth-order valence-electron chi connectivity index (χ4n) is 1.88. The number of hydrogen-bond acceptors (Lipinski definition) is 2. The van der Waals surface area contributed by atoms with Crippen LogP contribution in [0.15, 0.2) is 30.3 Å². The lowest BCUT2D eigenvalue weighted by Crippen LogP contribution is -2.32. The summed E-state index contributed by atoms with van der Waals surface area (Å²) < 4.78 is 5.49. The molecule has 0 N–H and O–H groups in total. The SMILES string of the molecule is O=C1CO[C@H](CBr)CCN1Cc1ccccc1. The van der Waals surface area contributed by atoms with Gasteiger partial charge in [0.15, 0.2) is 0 Å². The molecule has 3 nitrogen and oxygen atoms in total. The summed E-state index contributed by atoms with van der Waals surface area (Å²) in [7, 11) is 0. The molecule has 1 aromatic carbocycles. The van der Waals surface area contributed by atoms with Crippen LogP contribution in [0, 0.1) is 0 Å². The first kappa shape index (κ1) is 12.6. The molecule has 0 spiro atoms. The topological polar surface area (TPSA) is 29.5 Å². The van der Waals surface area contributed by atoms with Gasteiger partial charge in [-0.2, -0.15) is 0 Å². The van der Waals surface area contributed by atoms with Gasteiger partial charge >= 0.3 is 0 Å². The van der Waals surface area contributed by atoms with E-state index >= 15 is 0 Å². The predicted molar refractivity (Wildman–Crippen MR) is 70.0 cm³/mol. The molecular formula is C13H16BrNO2. The summed E-state index contributed by atoms with van der Waals surface area (Å²) in [6.07, 6.45) is 1.05. The number of amides is 1. The molecule has 17 heavy (non-hydrogen) atoms. The maximum atomic E-state index is 11.9. The Balaban J connectivity index is 1.98. The molecule has 0 aliphatic carbocycles. The Morgan fingerprint density at radius 3 is 2.82 bits per heavy atom. The Morgan fingerprint density at radius 2 is 2.12 bits per heavy atom. The van der Waals surface area contributed by atoms with Crippen molar-refractivity contribution in [3.05, 3.63) is 35.9 Å². The number of benzene rings is 1. The van der Waals surface area contributed by atoms with Crippen molar-refractivity contribution in [1.82, 2.24) is 4.90 Å². The molecule has 1 aromatic rings. The van der Waals surface area contributed by atoms with Gasteiger partial charge in [-0.15, -0.1) is 0 Å². The van der Waals surface area contributed by atoms with Gasteiger partial charge in [-0.3, -0.25) is 4.79 Å². The van der Waals surface area contributed by atoms with Crippen LogP contribution in [0.4, 0.5) is 0 Å². The maximum Gasteiger partial charge on any atom is 0.248 e. The van der Waals surface area contributed by atoms with Gasteiger partial charge in [-0.1, -0.05) is 46.3 Å². The van der Waals surface area contributed by atoms with Gasteiger partial charge in [0.1, 0.15) is 6.61 Å². The van der Waals surface area contributed by atoms with Crippen molar-refractivity contribution in [2.45, 2.75) is 19.1 Å². The van der Waals surface area contributed by atoms with Crippen LogP contribution in [0.25, 0.3) is 0 Å². The van der Waals surface area contributed by atoms with Crippen LogP contribution in [0.5, 0.6) is 0 Å². The number of halogens is 1. The Morgan fingerprint density at radius 1 is 1.35 bits per heavy atom. The summed E-state index contributed by atoms with van der Waals surface area (Å²) >= 11 is 3.40. The van der Waals surface area contributed by atoms with Gasteiger partial charge in [0.2, 0.25) is 5.91 Å². The third kappa shape index (κ3) is 3.54. The van der Waals surface area contributed by atoms with Crippen LogP contribution in [0.2, 0.25) is 0 Å². The second-order valence-electron chi connectivity index (χ2n) is 4.18. The smallest absolute Gasteiger partial charge is 0.248 e. The molecule has 4 heteroatoms. The van der Waals surface area contributed by atoms with E-state index in [-0.39, 0.29) is 18.6 Å². The first-order chi connectivity index (χ1) is 8.29. The van der Waals surface area contributed by atoms with Crippen molar-refractivity contribution in [1.29, 1.82) is 0 Å². The van der Waals surface area contributed by atoms with E-state index in [1.54, 1.807) is 0 Å². The summed E-state index contributed by atoms with van der Waals surface area (Å²) in [4.78, 5) is 13.7. The fourth-order valence-corrected chi connectivity index (χ4v) is 2.39. The van der Waals surface area contributed by atoms with E-state index in [2.05, 4.69) is 15.9 Å². The normalized spacial score (nSPS) is 21.4. The molecule has 1 saturated heterocycles. The number of carbonyl (C=O) groups excluding carboxylic acids is 1. The minimum Gasteiger partial charge on any atom is -0.367 e. The van der Waals surface area contributed by atoms with Crippen LogP contribution in [0.1, 0.15) is 12.0 Å². The minimum absolute atomic E-state index is 0.0808. The van der Waals surface area contributed by atoms with Gasteiger partial charge in [0.05, 0.1) is 6.10 Å². The number of hydrogen-bond donors (Lipinski definition) is 0. The van der Waals surface area contributed by atoms with E-state index < -0.39 is 0 Å². The van der Waals surface area contributed by atoms with Gasteiger partial charge in [0, 0.05) is 18.4 Å². The largest absolute Gasteiger partial charge is 0.367 e. The Labute approximate surface area is 110 Å². The molecule has 0 unspecified atom stereocenters. The zero-order valence-electron chi connectivity index (χ0n) is 9.64. The van der Waals surface area contributed by atoms with E-state index in [0.717, 1.165) is 23.9 Å². The standard InChI is InChI=1S/C13H16BrNO2/c14-8-12-6-7-15(13(16)10-17-12)9-11-4-2-1-3-5-11/h1-5,12H,6-10H2/t12-/m0/s1. The second-order valence-corrected chi connectivity index (χ2v) is 4.82. The van der Waals surface area contributed by atoms with Gasteiger partial charge < -0.3 is 9.64 Å². The molecule has 92 valence electrons. The molecule has 1 aliphatic rings. The Bertz CT molecular complexity index is 369. The highest BCUT2D eigenvalue weighted by Crippen LogP contribution is 2.13. The van der Waals surface area contributed by atoms with Crippen LogP contribution in [-0.2, 0) is 16.1 Å². The number of rotatable bonds is 3. The van der Waals surface area contributed by atoms with Gasteiger partial charge in [-0.05, 0) is 12.0 Å². The van der Waals surface area contributed by atoms with E-state index in [0.29, 0.717) is 6.54 Å². The quantitative estimate of drug-likeness (QED) is 0.801. The average molecular weight is 298 g/mol. The molecule has 0 radical (unpaired) electrons. The molecule has 1 aliphatic heterocycles. The lowest BCUT2D eigenvalue weighted by atomic mass is 10.2. The lowest BCUT2D eigenvalue weighted by Gasteiger charge is -2.19. The van der Waals surface area contributed by atoms with E-state index in [4.69, 9.17) is 4.74 Å². The number of ether oxygens (including phenoxy) is 1. The van der Waals surface area contributed by atoms with Crippen molar-refractivity contribution in [2.24, 2.45) is 0 Å². The second kappa shape index (κ2) is 6.17. The monoisotopic (exact) mass is 297 g/mol. The van der Waals surface area contributed by atoms with Crippen LogP contribution >= 0.6 is 15.9 Å². The zero-order valence-corrected chi connectivity index (χ0v) is 11.2. The third-order valence-electron chi connectivity index (χ3n) is 2.90. The van der Waals surface area contributed by atoms with Crippen molar-refractivity contribution < 1.29 is 9.53 Å². The zero-order chi connectivity index (χ0) is 12.1. The van der Waals surface area contributed by atoms with Crippen LogP contribution in [0.3, 0.4) is 0 Å². The Hall–Kier alpha value is -0.870.